The fourth-order valence-corrected chi connectivity index (χ4v) is 0.933. The molecule has 6 heteroatoms. The van der Waals surface area contributed by atoms with Gasteiger partial charge in [0.15, 0.2) is 5.92 Å². The summed E-state index contributed by atoms with van der Waals surface area (Å²) in [6.07, 6.45) is 0.223. The SMILES string of the molecule is CC(=NCCCC(=O)[O-])C(C#N)C(N)=O. The van der Waals surface area contributed by atoms with E-state index in [9.17, 15) is 14.7 Å². The second-order valence-corrected chi connectivity index (χ2v) is 2.96. The van der Waals surface area contributed by atoms with Crippen LogP contribution >= 0.6 is 0 Å². The van der Waals surface area contributed by atoms with Crippen molar-refractivity contribution in [2.75, 3.05) is 6.54 Å². The van der Waals surface area contributed by atoms with Gasteiger partial charge in [-0.05, 0) is 19.8 Å². The normalized spacial score (nSPS) is 12.9. The van der Waals surface area contributed by atoms with Gasteiger partial charge < -0.3 is 15.6 Å². The third-order valence-corrected chi connectivity index (χ3v) is 1.73. The number of carbonyl (C=O) groups is 2. The van der Waals surface area contributed by atoms with Crippen LogP contribution in [0.5, 0.6) is 0 Å². The van der Waals surface area contributed by atoms with E-state index in [4.69, 9.17) is 11.0 Å². The molecular weight excluding hydrogens is 198 g/mol. The van der Waals surface area contributed by atoms with Crippen molar-refractivity contribution >= 4 is 17.6 Å². The Balaban J connectivity index is 4.13. The van der Waals surface area contributed by atoms with Gasteiger partial charge in [-0.25, -0.2) is 0 Å². The van der Waals surface area contributed by atoms with Crippen molar-refractivity contribution in [1.29, 1.82) is 5.26 Å². The Morgan fingerprint density at radius 2 is 2.20 bits per heavy atom. The Labute approximate surface area is 87.4 Å². The van der Waals surface area contributed by atoms with Gasteiger partial charge in [0.05, 0.1) is 6.07 Å². The Morgan fingerprint density at radius 3 is 2.60 bits per heavy atom. The molecule has 0 radical (unpaired) electrons. The van der Waals surface area contributed by atoms with Gasteiger partial charge >= 0.3 is 0 Å². The fraction of sp³-hybridized carbons (Fsp3) is 0.556. The van der Waals surface area contributed by atoms with Gasteiger partial charge in [0, 0.05) is 18.2 Å². The van der Waals surface area contributed by atoms with Crippen LogP contribution in [0.3, 0.4) is 0 Å². The molecule has 0 saturated heterocycles. The predicted octanol–water partition coefficient (Wildman–Crippen LogP) is -1.40. The van der Waals surface area contributed by atoms with Crippen LogP contribution in [-0.4, -0.2) is 24.1 Å². The molecule has 0 bridgehead atoms. The Morgan fingerprint density at radius 1 is 1.60 bits per heavy atom. The van der Waals surface area contributed by atoms with E-state index in [-0.39, 0.29) is 13.0 Å². The van der Waals surface area contributed by atoms with Crippen molar-refractivity contribution in [3.63, 3.8) is 0 Å². The predicted molar refractivity (Wildman–Crippen MR) is 50.5 cm³/mol. The molecule has 1 unspecified atom stereocenters. The smallest absolute Gasteiger partial charge is 0.240 e. The molecular formula is C9H12N3O3-. The lowest BCUT2D eigenvalue weighted by Crippen LogP contribution is -2.27. The number of aliphatic imine (C=N–C) groups is 1. The van der Waals surface area contributed by atoms with Crippen molar-refractivity contribution in [3.8, 4) is 6.07 Å². The summed E-state index contributed by atoms with van der Waals surface area (Å²) in [6, 6.07) is 1.72. The molecule has 0 aromatic carbocycles. The van der Waals surface area contributed by atoms with Crippen LogP contribution in [-0.2, 0) is 9.59 Å². The average molecular weight is 210 g/mol. The Kier molecular flexibility index (Phi) is 5.71. The summed E-state index contributed by atoms with van der Waals surface area (Å²) >= 11 is 0. The molecule has 0 aliphatic heterocycles. The van der Waals surface area contributed by atoms with E-state index in [0.29, 0.717) is 12.1 Å². The number of amides is 1. The maximum atomic E-state index is 10.7. The zero-order valence-corrected chi connectivity index (χ0v) is 8.40. The first-order valence-corrected chi connectivity index (χ1v) is 4.38. The second-order valence-electron chi connectivity index (χ2n) is 2.96. The summed E-state index contributed by atoms with van der Waals surface area (Å²) in [5.74, 6) is -2.93. The minimum absolute atomic E-state index is 0.0927. The molecule has 0 aromatic rings. The number of nitrogens with zero attached hydrogens (tertiary/aromatic N) is 2. The number of rotatable bonds is 6. The highest BCUT2D eigenvalue weighted by Crippen LogP contribution is 1.99. The van der Waals surface area contributed by atoms with Crippen molar-refractivity contribution in [1.82, 2.24) is 0 Å². The van der Waals surface area contributed by atoms with Crippen LogP contribution in [0.2, 0.25) is 0 Å². The average Bonchev–Trinajstić information content (AvgIpc) is 2.12. The van der Waals surface area contributed by atoms with Gasteiger partial charge in [-0.15, -0.1) is 0 Å². The second kappa shape index (κ2) is 6.54. The number of primary amides is 1. The number of hydrogen-bond acceptors (Lipinski definition) is 5. The highest BCUT2D eigenvalue weighted by molar-refractivity contribution is 6.04. The van der Waals surface area contributed by atoms with Crippen molar-refractivity contribution in [2.45, 2.75) is 19.8 Å². The number of hydrogen-bond donors (Lipinski definition) is 1. The van der Waals surface area contributed by atoms with Crippen LogP contribution in [0.15, 0.2) is 4.99 Å². The summed E-state index contributed by atoms with van der Waals surface area (Å²) in [6.45, 7) is 1.75. The van der Waals surface area contributed by atoms with Crippen LogP contribution < -0.4 is 10.8 Å². The third-order valence-electron chi connectivity index (χ3n) is 1.73. The van der Waals surface area contributed by atoms with Gasteiger partial charge in [-0.2, -0.15) is 5.26 Å². The van der Waals surface area contributed by atoms with E-state index in [2.05, 4.69) is 4.99 Å². The molecule has 6 nitrogen and oxygen atoms in total. The fourth-order valence-electron chi connectivity index (χ4n) is 0.933. The van der Waals surface area contributed by atoms with E-state index in [0.717, 1.165) is 0 Å². The molecule has 0 fully saturated rings. The molecule has 0 aliphatic rings. The molecule has 0 saturated carbocycles. The van der Waals surface area contributed by atoms with Gasteiger partial charge in [0.2, 0.25) is 5.91 Å². The zero-order chi connectivity index (χ0) is 11.8. The first-order valence-electron chi connectivity index (χ1n) is 4.38. The molecule has 0 spiro atoms. The highest BCUT2D eigenvalue weighted by Gasteiger charge is 2.16. The van der Waals surface area contributed by atoms with E-state index in [1.807, 2.05) is 0 Å². The summed E-state index contributed by atoms with van der Waals surface area (Å²) in [5.41, 5.74) is 5.26. The highest BCUT2D eigenvalue weighted by atomic mass is 16.4. The van der Waals surface area contributed by atoms with Gasteiger partial charge in [-0.3, -0.25) is 9.79 Å². The van der Waals surface area contributed by atoms with Crippen molar-refractivity contribution < 1.29 is 14.7 Å². The molecule has 0 heterocycles. The van der Waals surface area contributed by atoms with E-state index in [1.54, 1.807) is 6.07 Å². The number of nitrogens with two attached hydrogens (primary N) is 1. The standard InChI is InChI=1S/C9H13N3O3/c1-6(7(5-10)9(11)15)12-4-2-3-8(13)14/h7H,2-4H2,1H3,(H2,11,15)(H,13,14)/p-1. The molecule has 15 heavy (non-hydrogen) atoms. The van der Waals surface area contributed by atoms with Crippen LogP contribution in [0.4, 0.5) is 0 Å². The molecule has 0 rings (SSSR count). The number of nitriles is 1. The molecule has 82 valence electrons. The summed E-state index contributed by atoms with van der Waals surface area (Å²) < 4.78 is 0. The van der Waals surface area contributed by atoms with Crippen molar-refractivity contribution in [3.05, 3.63) is 0 Å². The minimum atomic E-state index is -1.14. The molecule has 0 aromatic heterocycles. The first-order chi connectivity index (χ1) is 6.99. The van der Waals surface area contributed by atoms with Crippen LogP contribution in [0.25, 0.3) is 0 Å². The molecule has 0 aliphatic carbocycles. The lowest BCUT2D eigenvalue weighted by Gasteiger charge is -2.04. The monoisotopic (exact) mass is 210 g/mol. The Hall–Kier alpha value is -1.90. The topological polar surface area (TPSA) is 119 Å². The molecule has 1 amide bonds. The maximum absolute atomic E-state index is 10.7. The number of carboxylic acid groups (broad SMARTS) is 1. The molecule has 2 N–H and O–H groups in total. The van der Waals surface area contributed by atoms with E-state index < -0.39 is 17.8 Å². The lowest BCUT2D eigenvalue weighted by molar-refractivity contribution is -0.305. The lowest BCUT2D eigenvalue weighted by atomic mass is 10.1. The van der Waals surface area contributed by atoms with Crippen LogP contribution in [0.1, 0.15) is 19.8 Å². The summed E-state index contributed by atoms with van der Waals surface area (Å²) in [5, 5.41) is 18.6. The zero-order valence-electron chi connectivity index (χ0n) is 8.40. The van der Waals surface area contributed by atoms with Gasteiger partial charge in [0.1, 0.15) is 0 Å². The largest absolute Gasteiger partial charge is 0.550 e. The maximum Gasteiger partial charge on any atom is 0.240 e. The number of carbonyl (C=O) groups excluding carboxylic acids is 2. The third kappa shape index (κ3) is 5.41. The van der Waals surface area contributed by atoms with E-state index in [1.165, 1.54) is 6.92 Å². The van der Waals surface area contributed by atoms with Gasteiger partial charge in [0.25, 0.3) is 0 Å². The first kappa shape index (κ1) is 13.1. The number of aliphatic carboxylic acids is 1. The Bertz CT molecular complexity index is 317. The van der Waals surface area contributed by atoms with E-state index >= 15 is 0 Å². The summed E-state index contributed by atoms with van der Waals surface area (Å²) in [7, 11) is 0. The molecule has 1 atom stereocenters. The number of carboxylic acids is 1. The summed E-state index contributed by atoms with van der Waals surface area (Å²) in [4.78, 5) is 24.7. The van der Waals surface area contributed by atoms with Gasteiger partial charge in [-0.1, -0.05) is 0 Å². The van der Waals surface area contributed by atoms with Crippen LogP contribution in [0, 0.1) is 17.2 Å². The van der Waals surface area contributed by atoms with Crippen molar-refractivity contribution in [2.24, 2.45) is 16.6 Å². The minimum Gasteiger partial charge on any atom is -0.550 e. The quantitative estimate of drug-likeness (QED) is 0.428.